The first-order valence-corrected chi connectivity index (χ1v) is 7.60. The molecule has 0 saturated carbocycles. The quantitative estimate of drug-likeness (QED) is 0.903. The second kappa shape index (κ2) is 6.52. The van der Waals surface area contributed by atoms with E-state index >= 15 is 0 Å². The number of amides is 1. The Morgan fingerprint density at radius 3 is 2.62 bits per heavy atom. The van der Waals surface area contributed by atoms with Crippen molar-refractivity contribution in [3.8, 4) is 0 Å². The maximum absolute atomic E-state index is 14.1. The number of halogens is 2. The number of pyridine rings is 1. The highest BCUT2D eigenvalue weighted by atomic mass is 19.1. The number of anilines is 2. The molecule has 2 heterocycles. The Balaban J connectivity index is 1.85. The summed E-state index contributed by atoms with van der Waals surface area (Å²) in [7, 11) is 1.93. The summed E-state index contributed by atoms with van der Waals surface area (Å²) in [6.45, 7) is 3.20. The topological polar surface area (TPSA) is 57.3 Å². The van der Waals surface area contributed by atoms with Crippen LogP contribution >= 0.6 is 0 Å². The molecule has 0 unspecified atom stereocenters. The molecule has 0 aliphatic carbocycles. The van der Waals surface area contributed by atoms with Crippen molar-refractivity contribution in [1.82, 2.24) is 15.2 Å². The van der Waals surface area contributed by atoms with Gasteiger partial charge in [0.25, 0.3) is 5.91 Å². The molecule has 24 heavy (non-hydrogen) atoms. The van der Waals surface area contributed by atoms with E-state index in [-0.39, 0.29) is 23.0 Å². The van der Waals surface area contributed by atoms with Crippen LogP contribution in [-0.4, -0.2) is 42.0 Å². The molecule has 0 radical (unpaired) electrons. The second-order valence-corrected chi connectivity index (χ2v) is 6.04. The van der Waals surface area contributed by atoms with Gasteiger partial charge in [-0.05, 0) is 31.7 Å². The third kappa shape index (κ3) is 3.35. The Bertz CT molecular complexity index is 775. The number of aromatic nitrogens is 1. The van der Waals surface area contributed by atoms with Gasteiger partial charge < -0.3 is 15.5 Å². The van der Waals surface area contributed by atoms with Crippen molar-refractivity contribution in [1.29, 1.82) is 0 Å². The van der Waals surface area contributed by atoms with Crippen LogP contribution in [0, 0.1) is 18.6 Å². The third-order valence-corrected chi connectivity index (χ3v) is 3.92. The number of aryl methyl sites for hydroxylation is 1. The zero-order valence-electron chi connectivity index (χ0n) is 13.4. The lowest BCUT2D eigenvalue weighted by molar-refractivity contribution is 0.0854. The largest absolute Gasteiger partial charge is 0.351 e. The molecule has 0 spiro atoms. The number of carbonyl (C=O) groups is 1. The van der Waals surface area contributed by atoms with Crippen molar-refractivity contribution < 1.29 is 13.6 Å². The van der Waals surface area contributed by atoms with Gasteiger partial charge in [-0.2, -0.15) is 0 Å². The van der Waals surface area contributed by atoms with Crippen LogP contribution in [0.15, 0.2) is 30.6 Å². The van der Waals surface area contributed by atoms with E-state index in [0.29, 0.717) is 13.1 Å². The summed E-state index contributed by atoms with van der Waals surface area (Å²) in [6, 6.07) is 4.61. The van der Waals surface area contributed by atoms with E-state index in [1.54, 1.807) is 13.0 Å². The van der Waals surface area contributed by atoms with Crippen molar-refractivity contribution in [3.05, 3.63) is 53.4 Å². The number of nitrogens with zero attached hydrogens (tertiary/aromatic N) is 2. The number of nitrogens with one attached hydrogen (secondary N) is 2. The molecule has 1 aromatic carbocycles. The number of hydrogen-bond donors (Lipinski definition) is 2. The minimum Gasteiger partial charge on any atom is -0.351 e. The Morgan fingerprint density at radius 2 is 1.96 bits per heavy atom. The van der Waals surface area contributed by atoms with Crippen LogP contribution in [0.3, 0.4) is 0 Å². The van der Waals surface area contributed by atoms with Crippen LogP contribution in [0.4, 0.5) is 20.2 Å². The highest BCUT2D eigenvalue weighted by molar-refractivity contribution is 6.00. The molecule has 0 atom stereocenters. The van der Waals surface area contributed by atoms with Crippen LogP contribution < -0.4 is 10.6 Å². The maximum atomic E-state index is 14.1. The molecule has 2 aromatic rings. The fraction of sp³-hybridized carbons (Fsp3) is 0.294. The number of likely N-dealkylation sites (N-methyl/N-ethyl adjacent to an activating group) is 1. The summed E-state index contributed by atoms with van der Waals surface area (Å²) in [5.41, 5.74) is 0.885. The average molecular weight is 332 g/mol. The summed E-state index contributed by atoms with van der Waals surface area (Å²) in [4.78, 5) is 18.2. The van der Waals surface area contributed by atoms with Crippen LogP contribution in [-0.2, 0) is 0 Å². The van der Waals surface area contributed by atoms with Gasteiger partial charge in [0.05, 0.1) is 29.8 Å². The highest BCUT2D eigenvalue weighted by Gasteiger charge is 2.27. The van der Waals surface area contributed by atoms with Crippen molar-refractivity contribution in [2.75, 3.05) is 25.5 Å². The summed E-state index contributed by atoms with van der Waals surface area (Å²) >= 11 is 0. The molecule has 1 aromatic heterocycles. The van der Waals surface area contributed by atoms with E-state index in [1.807, 2.05) is 11.9 Å². The molecule has 2 N–H and O–H groups in total. The van der Waals surface area contributed by atoms with Crippen LogP contribution in [0.5, 0.6) is 0 Å². The van der Waals surface area contributed by atoms with Crippen LogP contribution in [0.1, 0.15) is 15.9 Å². The molecule has 1 amide bonds. The molecular formula is C17H18F2N4O. The SMILES string of the molecule is Cc1ccc(Nc2cncc(F)c2C(=O)NC2CN(C)C2)c(F)c1. The lowest BCUT2D eigenvalue weighted by Crippen LogP contribution is -2.57. The minimum absolute atomic E-state index is 0.0148. The van der Waals surface area contributed by atoms with Gasteiger partial charge >= 0.3 is 0 Å². The fourth-order valence-electron chi connectivity index (χ4n) is 2.67. The standard InChI is InChI=1S/C17H18F2N4O/c1-10-3-4-14(12(18)5-10)22-15-7-20-6-13(19)16(15)17(24)21-11-8-23(2)9-11/h3-7,11,22H,8-9H2,1-2H3,(H,21,24). The average Bonchev–Trinajstić information content (AvgIpc) is 2.48. The number of likely N-dealkylation sites (tertiary alicyclic amines) is 1. The summed E-state index contributed by atoms with van der Waals surface area (Å²) in [5.74, 6) is -1.77. The van der Waals surface area contributed by atoms with E-state index in [2.05, 4.69) is 15.6 Å². The van der Waals surface area contributed by atoms with Gasteiger partial charge in [0, 0.05) is 13.1 Å². The Kier molecular flexibility index (Phi) is 4.44. The van der Waals surface area contributed by atoms with Crippen molar-refractivity contribution in [2.45, 2.75) is 13.0 Å². The summed E-state index contributed by atoms with van der Waals surface area (Å²) in [5, 5.41) is 5.53. The van der Waals surface area contributed by atoms with Crippen molar-refractivity contribution >= 4 is 17.3 Å². The Labute approximate surface area is 138 Å². The van der Waals surface area contributed by atoms with Gasteiger partial charge in [-0.3, -0.25) is 9.78 Å². The number of hydrogen-bond acceptors (Lipinski definition) is 4. The summed E-state index contributed by atoms with van der Waals surface area (Å²) < 4.78 is 28.2. The molecule has 1 saturated heterocycles. The molecule has 1 aliphatic rings. The third-order valence-electron chi connectivity index (χ3n) is 3.92. The van der Waals surface area contributed by atoms with Gasteiger partial charge in [0.2, 0.25) is 0 Å². The molecule has 126 valence electrons. The zero-order valence-corrected chi connectivity index (χ0v) is 13.4. The van der Waals surface area contributed by atoms with Crippen LogP contribution in [0.2, 0.25) is 0 Å². The molecule has 3 rings (SSSR count). The van der Waals surface area contributed by atoms with Gasteiger partial charge in [0.1, 0.15) is 11.4 Å². The lowest BCUT2D eigenvalue weighted by Gasteiger charge is -2.36. The van der Waals surface area contributed by atoms with Crippen LogP contribution in [0.25, 0.3) is 0 Å². The van der Waals surface area contributed by atoms with E-state index in [9.17, 15) is 13.6 Å². The predicted molar refractivity (Wildman–Crippen MR) is 87.4 cm³/mol. The second-order valence-electron chi connectivity index (χ2n) is 6.04. The summed E-state index contributed by atoms with van der Waals surface area (Å²) in [6.07, 6.45) is 2.28. The maximum Gasteiger partial charge on any atom is 0.256 e. The Morgan fingerprint density at radius 1 is 1.21 bits per heavy atom. The first-order chi connectivity index (χ1) is 11.4. The van der Waals surface area contributed by atoms with E-state index in [4.69, 9.17) is 0 Å². The number of carbonyl (C=O) groups excluding carboxylic acids is 1. The molecule has 0 bridgehead atoms. The van der Waals surface area contributed by atoms with E-state index in [1.165, 1.54) is 18.3 Å². The zero-order chi connectivity index (χ0) is 17.3. The van der Waals surface area contributed by atoms with Gasteiger partial charge in [-0.15, -0.1) is 0 Å². The monoisotopic (exact) mass is 332 g/mol. The minimum atomic E-state index is -0.752. The fourth-order valence-corrected chi connectivity index (χ4v) is 2.67. The first-order valence-electron chi connectivity index (χ1n) is 7.60. The molecule has 1 fully saturated rings. The first kappa shape index (κ1) is 16.3. The molecular weight excluding hydrogens is 314 g/mol. The lowest BCUT2D eigenvalue weighted by atomic mass is 10.1. The van der Waals surface area contributed by atoms with Crippen molar-refractivity contribution in [3.63, 3.8) is 0 Å². The molecule has 1 aliphatic heterocycles. The van der Waals surface area contributed by atoms with Gasteiger partial charge in [-0.1, -0.05) is 6.07 Å². The van der Waals surface area contributed by atoms with Gasteiger partial charge in [-0.25, -0.2) is 8.78 Å². The number of benzene rings is 1. The van der Waals surface area contributed by atoms with E-state index < -0.39 is 17.5 Å². The van der Waals surface area contributed by atoms with E-state index in [0.717, 1.165) is 11.8 Å². The highest BCUT2D eigenvalue weighted by Crippen LogP contribution is 2.25. The smallest absolute Gasteiger partial charge is 0.256 e. The Hall–Kier alpha value is -2.54. The van der Waals surface area contributed by atoms with Crippen molar-refractivity contribution in [2.24, 2.45) is 0 Å². The molecule has 7 heteroatoms. The van der Waals surface area contributed by atoms with Gasteiger partial charge in [0.15, 0.2) is 5.82 Å². The normalized spacial score (nSPS) is 15.0. The number of rotatable bonds is 4. The molecule has 5 nitrogen and oxygen atoms in total. The predicted octanol–water partition coefficient (Wildman–Crippen LogP) is 2.46.